The van der Waals surface area contributed by atoms with Gasteiger partial charge in [-0.3, -0.25) is 14.2 Å². The highest BCUT2D eigenvalue weighted by molar-refractivity contribution is 5.70. The van der Waals surface area contributed by atoms with Crippen LogP contribution in [0.4, 0.5) is 0 Å². The molecule has 1 aromatic heterocycles. The zero-order valence-electron chi connectivity index (χ0n) is 17.3. The Morgan fingerprint density at radius 1 is 0.935 bits per heavy atom. The van der Waals surface area contributed by atoms with Crippen molar-refractivity contribution in [2.45, 2.75) is 31.9 Å². The van der Waals surface area contributed by atoms with Crippen LogP contribution in [0.25, 0.3) is 11.1 Å². The van der Waals surface area contributed by atoms with Gasteiger partial charge in [-0.15, -0.1) is 0 Å². The minimum absolute atomic E-state index is 0.0113. The normalized spacial score (nSPS) is 13.0. The van der Waals surface area contributed by atoms with E-state index in [0.29, 0.717) is 6.42 Å². The predicted molar refractivity (Wildman–Crippen MR) is 118 cm³/mol. The molecule has 2 N–H and O–H groups in total. The molecule has 0 spiro atoms. The fourth-order valence-corrected chi connectivity index (χ4v) is 3.58. The summed E-state index contributed by atoms with van der Waals surface area (Å²) >= 11 is 0. The van der Waals surface area contributed by atoms with Crippen LogP contribution in [0.2, 0.25) is 0 Å². The average molecular weight is 422 g/mol. The molecular formula is C24H26N2O5. The zero-order valence-corrected chi connectivity index (χ0v) is 17.3. The first-order valence-corrected chi connectivity index (χ1v) is 10.2. The lowest BCUT2D eigenvalue weighted by Gasteiger charge is -2.19. The number of aryl methyl sites for hydroxylation is 2. The summed E-state index contributed by atoms with van der Waals surface area (Å²) in [6.45, 7) is -0.0633. The summed E-state index contributed by atoms with van der Waals surface area (Å²) in [7, 11) is 1.52. The van der Waals surface area contributed by atoms with Crippen molar-refractivity contribution in [3.63, 3.8) is 0 Å². The number of hydrogen-bond acceptors (Lipinski definition) is 4. The van der Waals surface area contributed by atoms with Crippen LogP contribution in [0.1, 0.15) is 18.4 Å². The van der Waals surface area contributed by atoms with Gasteiger partial charge in [0.05, 0.1) is 12.0 Å². The van der Waals surface area contributed by atoms with E-state index >= 15 is 0 Å². The number of carboxylic acid groups (broad SMARTS) is 1. The number of rotatable bonds is 9. The molecule has 1 heterocycles. The van der Waals surface area contributed by atoms with Crippen molar-refractivity contribution in [3.05, 3.63) is 93.3 Å². The number of aliphatic carboxylic acids is 1. The van der Waals surface area contributed by atoms with Gasteiger partial charge in [0, 0.05) is 25.9 Å². The Hall–Kier alpha value is -3.45. The second-order valence-electron chi connectivity index (χ2n) is 7.60. The third-order valence-electron chi connectivity index (χ3n) is 5.47. The smallest absolute Gasteiger partial charge is 0.330 e. The maximum atomic E-state index is 12.1. The number of benzene rings is 2. The molecule has 2 aromatic carbocycles. The Bertz CT molecular complexity index is 1130. The van der Waals surface area contributed by atoms with Gasteiger partial charge >= 0.3 is 11.7 Å². The van der Waals surface area contributed by atoms with E-state index in [9.17, 15) is 24.6 Å². The van der Waals surface area contributed by atoms with Crippen LogP contribution in [0.3, 0.4) is 0 Å². The maximum absolute atomic E-state index is 12.1. The molecule has 0 saturated heterocycles. The molecule has 0 saturated carbocycles. The van der Waals surface area contributed by atoms with Crippen LogP contribution in [-0.4, -0.2) is 31.4 Å². The van der Waals surface area contributed by atoms with E-state index in [4.69, 9.17) is 0 Å². The summed E-state index contributed by atoms with van der Waals surface area (Å²) in [5.74, 6) is -2.21. The van der Waals surface area contributed by atoms with Crippen LogP contribution in [0, 0.1) is 5.92 Å². The Kier molecular flexibility index (Phi) is 7.20. The van der Waals surface area contributed by atoms with Gasteiger partial charge in [-0.25, -0.2) is 4.79 Å². The molecule has 31 heavy (non-hydrogen) atoms. The van der Waals surface area contributed by atoms with E-state index < -0.39 is 29.2 Å². The Labute approximate surface area is 179 Å². The van der Waals surface area contributed by atoms with E-state index in [2.05, 4.69) is 0 Å². The second-order valence-corrected chi connectivity index (χ2v) is 7.60. The summed E-state index contributed by atoms with van der Waals surface area (Å²) in [6, 6.07) is 19.2. The van der Waals surface area contributed by atoms with Gasteiger partial charge in [-0.2, -0.15) is 0 Å². The fraction of sp³-hybridized carbons (Fsp3) is 0.292. The Morgan fingerprint density at radius 2 is 1.58 bits per heavy atom. The lowest BCUT2D eigenvalue weighted by molar-refractivity contribution is -0.146. The van der Waals surface area contributed by atoms with E-state index in [1.165, 1.54) is 23.9 Å². The molecule has 7 nitrogen and oxygen atoms in total. The van der Waals surface area contributed by atoms with Gasteiger partial charge in [-0.05, 0) is 36.0 Å². The van der Waals surface area contributed by atoms with Crippen molar-refractivity contribution in [3.8, 4) is 11.1 Å². The van der Waals surface area contributed by atoms with Gasteiger partial charge < -0.3 is 14.8 Å². The first-order chi connectivity index (χ1) is 14.9. The minimum atomic E-state index is -1.15. The number of hydrogen-bond donors (Lipinski definition) is 2. The molecule has 0 radical (unpaired) electrons. The van der Waals surface area contributed by atoms with Crippen molar-refractivity contribution in [1.29, 1.82) is 0 Å². The van der Waals surface area contributed by atoms with Gasteiger partial charge in [0.1, 0.15) is 0 Å². The first kappa shape index (κ1) is 22.2. The topological polar surface area (TPSA) is 102 Å². The molecule has 7 heteroatoms. The molecule has 2 atom stereocenters. The largest absolute Gasteiger partial charge is 0.481 e. The minimum Gasteiger partial charge on any atom is -0.481 e. The molecule has 162 valence electrons. The van der Waals surface area contributed by atoms with Gasteiger partial charge in [0.25, 0.3) is 5.56 Å². The molecule has 0 bridgehead atoms. The fourth-order valence-electron chi connectivity index (χ4n) is 3.58. The molecule has 3 aromatic rings. The summed E-state index contributed by atoms with van der Waals surface area (Å²) in [4.78, 5) is 35.7. The van der Waals surface area contributed by atoms with Crippen LogP contribution in [0.15, 0.2) is 76.4 Å². The predicted octanol–water partition coefficient (Wildman–Crippen LogP) is 2.30. The van der Waals surface area contributed by atoms with Crippen LogP contribution in [0.5, 0.6) is 0 Å². The lowest BCUT2D eigenvalue weighted by Crippen LogP contribution is -2.39. The molecule has 0 aliphatic heterocycles. The number of nitrogens with zero attached hydrogens (tertiary/aromatic N) is 2. The van der Waals surface area contributed by atoms with Crippen molar-refractivity contribution in [2.24, 2.45) is 13.0 Å². The van der Waals surface area contributed by atoms with E-state index in [0.717, 1.165) is 21.3 Å². The highest BCUT2D eigenvalue weighted by Crippen LogP contribution is 2.21. The third kappa shape index (κ3) is 5.58. The molecule has 0 aliphatic carbocycles. The van der Waals surface area contributed by atoms with Crippen LogP contribution >= 0.6 is 0 Å². The number of aliphatic hydroxyl groups excluding tert-OH is 1. The van der Waals surface area contributed by atoms with Crippen molar-refractivity contribution >= 4 is 5.97 Å². The van der Waals surface area contributed by atoms with E-state index in [-0.39, 0.29) is 19.4 Å². The number of aliphatic hydroxyl groups is 1. The van der Waals surface area contributed by atoms with Gasteiger partial charge in [-0.1, -0.05) is 54.6 Å². The average Bonchev–Trinajstić information content (AvgIpc) is 2.78. The molecule has 0 aliphatic rings. The number of carbonyl (C=O) groups is 1. The molecular weight excluding hydrogens is 396 g/mol. The Morgan fingerprint density at radius 3 is 2.23 bits per heavy atom. The quantitative estimate of drug-likeness (QED) is 0.551. The summed E-state index contributed by atoms with van der Waals surface area (Å²) in [6.07, 6.45) is 1.06. The number of carboxylic acids is 1. The van der Waals surface area contributed by atoms with Gasteiger partial charge in [0.15, 0.2) is 0 Å². The highest BCUT2D eigenvalue weighted by atomic mass is 16.4. The first-order valence-electron chi connectivity index (χ1n) is 10.2. The monoisotopic (exact) mass is 422 g/mol. The van der Waals surface area contributed by atoms with Crippen LogP contribution in [-0.2, 0) is 24.8 Å². The standard InChI is InChI=1S/C24H26N2O5/c1-25-15-14-22(28)26(24(25)31)16-13-20(23(29)30)21(27)12-9-17-7-10-19(11-8-17)18-5-3-2-4-6-18/h2-8,10-11,14-15,20-21,27H,9,12-13,16H2,1H3,(H,29,30). The molecule has 0 fully saturated rings. The van der Waals surface area contributed by atoms with Crippen molar-refractivity contribution < 1.29 is 15.0 Å². The lowest BCUT2D eigenvalue weighted by atomic mass is 9.93. The van der Waals surface area contributed by atoms with Crippen LogP contribution < -0.4 is 11.2 Å². The van der Waals surface area contributed by atoms with E-state index in [1.54, 1.807) is 0 Å². The molecule has 0 amide bonds. The SMILES string of the molecule is Cn1ccc(=O)n(CCC(C(=O)O)C(O)CCc2ccc(-c3ccccc3)cc2)c1=O. The summed E-state index contributed by atoms with van der Waals surface area (Å²) in [5, 5.41) is 20.0. The summed E-state index contributed by atoms with van der Waals surface area (Å²) < 4.78 is 2.25. The summed E-state index contributed by atoms with van der Waals surface area (Å²) in [5.41, 5.74) is 2.20. The molecule has 3 rings (SSSR count). The molecule has 2 unspecified atom stereocenters. The number of aromatic nitrogens is 2. The second kappa shape index (κ2) is 10.0. The third-order valence-corrected chi connectivity index (χ3v) is 5.47. The van der Waals surface area contributed by atoms with E-state index in [1.807, 2.05) is 54.6 Å². The van der Waals surface area contributed by atoms with Crippen molar-refractivity contribution in [1.82, 2.24) is 9.13 Å². The Balaban J connectivity index is 1.61. The van der Waals surface area contributed by atoms with Gasteiger partial charge in [0.2, 0.25) is 0 Å². The van der Waals surface area contributed by atoms with Crippen molar-refractivity contribution in [2.75, 3.05) is 0 Å². The zero-order chi connectivity index (χ0) is 22.4. The highest BCUT2D eigenvalue weighted by Gasteiger charge is 2.26. The maximum Gasteiger partial charge on any atom is 0.330 e.